The molecule has 0 amide bonds. The van der Waals surface area contributed by atoms with Gasteiger partial charge in [-0.05, 0) is 34.1 Å². The molecule has 2 atom stereocenters. The molecule has 2 unspecified atom stereocenters. The predicted octanol–water partition coefficient (Wildman–Crippen LogP) is 4.36. The molecule has 2 fully saturated rings. The molecule has 120 valence electrons. The highest BCUT2D eigenvalue weighted by Gasteiger charge is 2.47. The van der Waals surface area contributed by atoms with E-state index in [2.05, 4.69) is 39.8 Å². The smallest absolute Gasteiger partial charge is 0.108 e. The summed E-state index contributed by atoms with van der Waals surface area (Å²) in [6, 6.07) is 0. The Hall–Kier alpha value is -0.380. The molecular weight excluding hydrogens is 252 g/mol. The van der Waals surface area contributed by atoms with Gasteiger partial charge in [-0.15, -0.1) is 0 Å². The molecule has 3 nitrogen and oxygen atoms in total. The van der Waals surface area contributed by atoms with Gasteiger partial charge in [0.05, 0.1) is 30.5 Å². The molecule has 0 bridgehead atoms. The number of epoxide rings is 1. The fraction of sp³-hybridized carbons (Fsp3) is 0.882. The summed E-state index contributed by atoms with van der Waals surface area (Å²) in [4.78, 5) is 0. The molecule has 0 aliphatic carbocycles. The number of rotatable bonds is 0. The standard InChI is InChI=1S/C7H12O2.C7H12O.C2H6.CH4/c1-7(2)3-5-6(9-5)4-8-7;1-7(2)5-3-4-6-8-7;1-2;/h5-6H,3-4H2,1-2H3;3-4H,5-6H2,1-2H3;1-2H3;1H4/i;;1D;. The summed E-state index contributed by atoms with van der Waals surface area (Å²) in [5, 5.41) is 0. The Morgan fingerprint density at radius 1 is 1.05 bits per heavy atom. The van der Waals surface area contributed by atoms with E-state index in [4.69, 9.17) is 15.6 Å². The molecule has 3 aliphatic heterocycles. The maximum atomic E-state index is 6.21. The first-order valence-corrected chi connectivity index (χ1v) is 7.17. The third kappa shape index (κ3) is 6.87. The highest BCUT2D eigenvalue weighted by molar-refractivity contribution is 4.94. The molecule has 0 saturated carbocycles. The monoisotopic (exact) mass is 287 g/mol. The Morgan fingerprint density at radius 3 is 2.05 bits per heavy atom. The van der Waals surface area contributed by atoms with E-state index in [1.54, 1.807) is 6.92 Å². The molecule has 0 radical (unpaired) electrons. The minimum atomic E-state index is 0. The summed E-state index contributed by atoms with van der Waals surface area (Å²) in [5.41, 5.74) is 0.159. The van der Waals surface area contributed by atoms with Gasteiger partial charge in [0.1, 0.15) is 6.10 Å². The first kappa shape index (κ1) is 17.7. The second kappa shape index (κ2) is 8.16. The van der Waals surface area contributed by atoms with Crippen molar-refractivity contribution in [2.75, 3.05) is 13.2 Å². The van der Waals surface area contributed by atoms with Crippen LogP contribution in [0.25, 0.3) is 0 Å². The Morgan fingerprint density at radius 2 is 1.70 bits per heavy atom. The van der Waals surface area contributed by atoms with Crippen molar-refractivity contribution in [3.63, 3.8) is 0 Å². The van der Waals surface area contributed by atoms with Gasteiger partial charge >= 0.3 is 0 Å². The molecule has 0 aromatic rings. The maximum Gasteiger partial charge on any atom is 0.108 e. The van der Waals surface area contributed by atoms with Crippen LogP contribution in [0.1, 0.15) is 63.2 Å². The van der Waals surface area contributed by atoms with Gasteiger partial charge in [0.2, 0.25) is 0 Å². The first-order valence-electron chi connectivity index (χ1n) is 7.88. The van der Waals surface area contributed by atoms with Crippen molar-refractivity contribution < 1.29 is 15.6 Å². The quantitative estimate of drug-likeness (QED) is 0.490. The Labute approximate surface area is 127 Å². The molecule has 0 spiro atoms. The number of hydrogen-bond acceptors (Lipinski definition) is 3. The van der Waals surface area contributed by atoms with Gasteiger partial charge in [0.15, 0.2) is 0 Å². The van der Waals surface area contributed by atoms with Crippen LogP contribution in [-0.2, 0) is 14.2 Å². The lowest BCUT2D eigenvalue weighted by atomic mass is 9.99. The van der Waals surface area contributed by atoms with Crippen molar-refractivity contribution >= 4 is 0 Å². The van der Waals surface area contributed by atoms with Crippen LogP contribution in [0.2, 0.25) is 0 Å². The van der Waals surface area contributed by atoms with Crippen molar-refractivity contribution in [2.24, 2.45) is 0 Å². The summed E-state index contributed by atoms with van der Waals surface area (Å²) in [5.74, 6) is 0. The van der Waals surface area contributed by atoms with Gasteiger partial charge in [-0.3, -0.25) is 0 Å². The lowest BCUT2D eigenvalue weighted by Crippen LogP contribution is -2.33. The summed E-state index contributed by atoms with van der Waals surface area (Å²) < 4.78 is 22.4. The fourth-order valence-electron chi connectivity index (χ4n) is 2.12. The highest BCUT2D eigenvalue weighted by Crippen LogP contribution is 2.37. The number of hydrogen-bond donors (Lipinski definition) is 0. The van der Waals surface area contributed by atoms with E-state index in [-0.39, 0.29) is 18.6 Å². The molecule has 0 aromatic carbocycles. The third-order valence-corrected chi connectivity index (χ3v) is 3.37. The van der Waals surface area contributed by atoms with Crippen LogP contribution in [0.3, 0.4) is 0 Å². The summed E-state index contributed by atoms with van der Waals surface area (Å²) >= 11 is 0. The largest absolute Gasteiger partial charge is 0.373 e. The van der Waals surface area contributed by atoms with E-state index in [0.29, 0.717) is 19.1 Å². The molecule has 3 aliphatic rings. The van der Waals surface area contributed by atoms with Crippen molar-refractivity contribution in [1.29, 1.82) is 0 Å². The van der Waals surface area contributed by atoms with Crippen molar-refractivity contribution in [1.82, 2.24) is 0 Å². The van der Waals surface area contributed by atoms with Crippen molar-refractivity contribution in [3.05, 3.63) is 12.2 Å². The van der Waals surface area contributed by atoms with E-state index >= 15 is 0 Å². The zero-order chi connectivity index (χ0) is 15.2. The lowest BCUT2D eigenvalue weighted by molar-refractivity contribution is -0.0386. The van der Waals surface area contributed by atoms with Crippen molar-refractivity contribution in [2.45, 2.75) is 85.2 Å². The van der Waals surface area contributed by atoms with Crippen LogP contribution in [0, 0.1) is 0 Å². The maximum absolute atomic E-state index is 6.21. The average Bonchev–Trinajstić information content (AvgIpc) is 3.07. The molecule has 0 aromatic heterocycles. The molecule has 3 rings (SSSR count). The Bertz CT molecular complexity index is 313. The van der Waals surface area contributed by atoms with Crippen LogP contribution < -0.4 is 0 Å². The minimum absolute atomic E-state index is 0. The number of ether oxygens (including phenoxy) is 3. The van der Waals surface area contributed by atoms with Gasteiger partial charge in [0.25, 0.3) is 0 Å². The second-order valence-corrected chi connectivity index (χ2v) is 6.23. The van der Waals surface area contributed by atoms with E-state index in [1.807, 2.05) is 0 Å². The lowest BCUT2D eigenvalue weighted by Gasteiger charge is -2.26. The summed E-state index contributed by atoms with van der Waals surface area (Å²) in [6.07, 6.45) is 7.31. The zero-order valence-corrected chi connectivity index (χ0v) is 13.1. The topological polar surface area (TPSA) is 31.0 Å². The van der Waals surface area contributed by atoms with Crippen LogP contribution in [-0.4, -0.2) is 36.6 Å². The van der Waals surface area contributed by atoms with Crippen LogP contribution in [0.15, 0.2) is 12.2 Å². The van der Waals surface area contributed by atoms with E-state index in [9.17, 15) is 0 Å². The van der Waals surface area contributed by atoms with Gasteiger partial charge in [0, 0.05) is 7.79 Å². The predicted molar refractivity (Wildman–Crippen MR) is 85.2 cm³/mol. The van der Waals surface area contributed by atoms with Gasteiger partial charge < -0.3 is 14.2 Å². The van der Waals surface area contributed by atoms with Crippen LogP contribution >= 0.6 is 0 Å². The van der Waals surface area contributed by atoms with E-state index in [1.165, 1.54) is 0 Å². The fourth-order valence-corrected chi connectivity index (χ4v) is 2.12. The highest BCUT2D eigenvalue weighted by atomic mass is 16.6. The molecule has 0 N–H and O–H groups in total. The van der Waals surface area contributed by atoms with Gasteiger partial charge in [-0.1, -0.05) is 33.4 Å². The van der Waals surface area contributed by atoms with Crippen molar-refractivity contribution in [3.8, 4) is 0 Å². The molecule has 2 saturated heterocycles. The van der Waals surface area contributed by atoms with Gasteiger partial charge in [-0.25, -0.2) is 0 Å². The normalized spacial score (nSPS) is 31.9. The van der Waals surface area contributed by atoms with Crippen LogP contribution in [0.5, 0.6) is 0 Å². The van der Waals surface area contributed by atoms with E-state index in [0.717, 1.165) is 26.1 Å². The molecular formula is C17H34O3. The van der Waals surface area contributed by atoms with E-state index < -0.39 is 0 Å². The molecule has 3 heteroatoms. The second-order valence-electron chi connectivity index (χ2n) is 6.23. The SMILES string of the molecule is C.CC1(C)CC2OC2CO1.CC1(C)CC=CCO1.[2H]CC. The zero-order valence-electron chi connectivity index (χ0n) is 14.1. The number of fused-ring (bicyclic) bond motifs is 1. The minimum Gasteiger partial charge on any atom is -0.373 e. The molecule has 3 heterocycles. The first-order chi connectivity index (χ1) is 9.29. The average molecular weight is 287 g/mol. The summed E-state index contributed by atoms with van der Waals surface area (Å²) in [7, 11) is 0. The molecule has 20 heavy (non-hydrogen) atoms. The Kier molecular flexibility index (Phi) is 7.21. The van der Waals surface area contributed by atoms with Crippen LogP contribution in [0.4, 0.5) is 0 Å². The third-order valence-electron chi connectivity index (χ3n) is 3.37. The summed E-state index contributed by atoms with van der Waals surface area (Å²) in [6.45, 7) is 12.3. The Balaban J connectivity index is 0.000000312. The van der Waals surface area contributed by atoms with Gasteiger partial charge in [-0.2, -0.15) is 0 Å².